The first-order chi connectivity index (χ1) is 14.1. The monoisotopic (exact) mass is 392 g/mol. The molecule has 0 unspecified atom stereocenters. The summed E-state index contributed by atoms with van der Waals surface area (Å²) < 4.78 is 0. The Morgan fingerprint density at radius 2 is 1.76 bits per heavy atom. The maximum atomic E-state index is 13.5. The molecule has 3 amide bonds. The van der Waals surface area contributed by atoms with E-state index < -0.39 is 5.54 Å². The van der Waals surface area contributed by atoms with Crippen molar-refractivity contribution in [2.75, 3.05) is 33.2 Å². The Bertz CT molecular complexity index is 858. The molecule has 0 aromatic heterocycles. The molecular formula is C23H28N4O2. The van der Waals surface area contributed by atoms with E-state index in [9.17, 15) is 9.59 Å². The number of urea groups is 1. The normalized spacial score (nSPS) is 17.3. The maximum absolute atomic E-state index is 13.5. The van der Waals surface area contributed by atoms with E-state index in [0.717, 1.165) is 0 Å². The SMILES string of the molecule is CN(Cc1ccccc1)C1(C(=O)NCCN2CCNC2=O)Cc2ccccc2C1. The lowest BCUT2D eigenvalue weighted by molar-refractivity contribution is -0.132. The van der Waals surface area contributed by atoms with Gasteiger partial charge in [-0.3, -0.25) is 9.69 Å². The van der Waals surface area contributed by atoms with E-state index in [0.29, 0.717) is 45.6 Å². The first kappa shape index (κ1) is 19.5. The number of likely N-dealkylation sites (N-methyl/N-ethyl adjacent to an activating group) is 1. The fourth-order valence-corrected chi connectivity index (χ4v) is 4.40. The second-order valence-electron chi connectivity index (χ2n) is 7.97. The zero-order valence-corrected chi connectivity index (χ0v) is 16.9. The average Bonchev–Trinajstić information content (AvgIpc) is 3.33. The lowest BCUT2D eigenvalue weighted by Gasteiger charge is -2.37. The zero-order chi connectivity index (χ0) is 20.3. The second kappa shape index (κ2) is 8.25. The molecule has 6 nitrogen and oxygen atoms in total. The van der Waals surface area contributed by atoms with Gasteiger partial charge in [-0.2, -0.15) is 0 Å². The molecule has 1 heterocycles. The van der Waals surface area contributed by atoms with Crippen LogP contribution >= 0.6 is 0 Å². The summed E-state index contributed by atoms with van der Waals surface area (Å²) in [4.78, 5) is 29.1. The van der Waals surface area contributed by atoms with Gasteiger partial charge in [0, 0.05) is 45.6 Å². The lowest BCUT2D eigenvalue weighted by atomic mass is 9.91. The Kier molecular flexibility index (Phi) is 5.53. The largest absolute Gasteiger partial charge is 0.353 e. The molecule has 2 aromatic rings. The van der Waals surface area contributed by atoms with Gasteiger partial charge in [-0.1, -0.05) is 54.6 Å². The van der Waals surface area contributed by atoms with E-state index >= 15 is 0 Å². The van der Waals surface area contributed by atoms with E-state index in [1.807, 2.05) is 37.4 Å². The van der Waals surface area contributed by atoms with Crippen LogP contribution in [0.5, 0.6) is 0 Å². The Hall–Kier alpha value is -2.86. The predicted molar refractivity (Wildman–Crippen MR) is 112 cm³/mol. The summed E-state index contributed by atoms with van der Waals surface area (Å²) in [6.45, 7) is 3.06. The quantitative estimate of drug-likeness (QED) is 0.755. The van der Waals surface area contributed by atoms with Crippen molar-refractivity contribution in [3.63, 3.8) is 0 Å². The molecule has 1 aliphatic carbocycles. The minimum atomic E-state index is -0.618. The summed E-state index contributed by atoms with van der Waals surface area (Å²) >= 11 is 0. The summed E-state index contributed by atoms with van der Waals surface area (Å²) in [6, 6.07) is 18.5. The van der Waals surface area contributed by atoms with Crippen LogP contribution < -0.4 is 10.6 Å². The van der Waals surface area contributed by atoms with Crippen LogP contribution in [0.15, 0.2) is 54.6 Å². The third kappa shape index (κ3) is 3.98. The molecule has 152 valence electrons. The summed E-state index contributed by atoms with van der Waals surface area (Å²) in [6.07, 6.45) is 1.39. The van der Waals surface area contributed by atoms with Crippen molar-refractivity contribution in [1.29, 1.82) is 0 Å². The molecule has 1 saturated heterocycles. The number of carbonyl (C=O) groups is 2. The van der Waals surface area contributed by atoms with E-state index in [1.165, 1.54) is 16.7 Å². The summed E-state index contributed by atoms with van der Waals surface area (Å²) in [5.74, 6) is 0.0340. The highest BCUT2D eigenvalue weighted by Gasteiger charge is 2.46. The molecule has 0 spiro atoms. The molecule has 0 saturated carbocycles. The third-order valence-corrected chi connectivity index (χ3v) is 6.11. The smallest absolute Gasteiger partial charge is 0.317 e. The van der Waals surface area contributed by atoms with Gasteiger partial charge in [0.1, 0.15) is 5.54 Å². The van der Waals surface area contributed by atoms with Crippen molar-refractivity contribution < 1.29 is 9.59 Å². The Morgan fingerprint density at radius 1 is 1.10 bits per heavy atom. The Labute approximate surface area is 171 Å². The lowest BCUT2D eigenvalue weighted by Crippen LogP contribution is -2.58. The van der Waals surface area contributed by atoms with Crippen molar-refractivity contribution in [2.24, 2.45) is 0 Å². The van der Waals surface area contributed by atoms with Crippen molar-refractivity contribution in [3.8, 4) is 0 Å². The molecule has 4 rings (SSSR count). The predicted octanol–water partition coefficient (Wildman–Crippen LogP) is 1.80. The molecule has 2 aromatic carbocycles. The summed E-state index contributed by atoms with van der Waals surface area (Å²) in [5.41, 5.74) is 3.04. The number of nitrogens with zero attached hydrogens (tertiary/aromatic N) is 2. The van der Waals surface area contributed by atoms with Gasteiger partial charge in [0.2, 0.25) is 5.91 Å². The fraction of sp³-hybridized carbons (Fsp3) is 0.391. The molecule has 0 bridgehead atoms. The van der Waals surface area contributed by atoms with Crippen molar-refractivity contribution >= 4 is 11.9 Å². The number of benzene rings is 2. The highest BCUT2D eigenvalue weighted by molar-refractivity contribution is 5.88. The summed E-state index contributed by atoms with van der Waals surface area (Å²) in [7, 11) is 2.03. The minimum absolute atomic E-state index is 0.0340. The van der Waals surface area contributed by atoms with Crippen LogP contribution in [-0.2, 0) is 24.2 Å². The third-order valence-electron chi connectivity index (χ3n) is 6.11. The topological polar surface area (TPSA) is 64.7 Å². The summed E-state index contributed by atoms with van der Waals surface area (Å²) in [5, 5.41) is 5.91. The van der Waals surface area contributed by atoms with Crippen LogP contribution in [0.2, 0.25) is 0 Å². The first-order valence-electron chi connectivity index (χ1n) is 10.2. The number of rotatable bonds is 7. The van der Waals surface area contributed by atoms with Gasteiger partial charge in [-0.05, 0) is 23.7 Å². The number of carbonyl (C=O) groups excluding carboxylic acids is 2. The van der Waals surface area contributed by atoms with E-state index in [1.54, 1.807) is 4.90 Å². The molecule has 2 N–H and O–H groups in total. The van der Waals surface area contributed by atoms with Gasteiger partial charge < -0.3 is 15.5 Å². The van der Waals surface area contributed by atoms with Crippen molar-refractivity contribution in [3.05, 3.63) is 71.3 Å². The highest BCUT2D eigenvalue weighted by atomic mass is 16.2. The van der Waals surface area contributed by atoms with Crippen LogP contribution in [0.1, 0.15) is 16.7 Å². The molecular weight excluding hydrogens is 364 g/mol. The molecule has 1 aliphatic heterocycles. The molecule has 0 atom stereocenters. The molecule has 29 heavy (non-hydrogen) atoms. The van der Waals surface area contributed by atoms with Crippen LogP contribution in [0.3, 0.4) is 0 Å². The number of amides is 3. The number of hydrogen-bond acceptors (Lipinski definition) is 3. The Morgan fingerprint density at radius 3 is 2.38 bits per heavy atom. The van der Waals surface area contributed by atoms with Gasteiger partial charge in [0.15, 0.2) is 0 Å². The van der Waals surface area contributed by atoms with E-state index in [4.69, 9.17) is 0 Å². The van der Waals surface area contributed by atoms with Crippen LogP contribution in [0.4, 0.5) is 4.79 Å². The van der Waals surface area contributed by atoms with Crippen molar-refractivity contribution in [2.45, 2.75) is 24.9 Å². The minimum Gasteiger partial charge on any atom is -0.353 e. The van der Waals surface area contributed by atoms with Gasteiger partial charge >= 0.3 is 6.03 Å². The second-order valence-corrected chi connectivity index (χ2v) is 7.97. The Balaban J connectivity index is 1.49. The highest BCUT2D eigenvalue weighted by Crippen LogP contribution is 2.35. The molecule has 0 radical (unpaired) electrons. The number of fused-ring (bicyclic) bond motifs is 1. The van der Waals surface area contributed by atoms with Gasteiger partial charge in [-0.25, -0.2) is 4.79 Å². The van der Waals surface area contributed by atoms with Gasteiger partial charge in [0.05, 0.1) is 0 Å². The van der Waals surface area contributed by atoms with Crippen molar-refractivity contribution in [1.82, 2.24) is 20.4 Å². The molecule has 6 heteroatoms. The molecule has 1 fully saturated rings. The van der Waals surface area contributed by atoms with E-state index in [-0.39, 0.29) is 11.9 Å². The van der Waals surface area contributed by atoms with Crippen LogP contribution in [-0.4, -0.2) is 60.5 Å². The maximum Gasteiger partial charge on any atom is 0.317 e. The first-order valence-corrected chi connectivity index (χ1v) is 10.2. The standard InChI is InChI=1S/C23H28N4O2/c1-26(17-18-7-3-2-4-8-18)23(15-19-9-5-6-10-20(19)16-23)21(28)24-11-13-27-14-12-25-22(27)29/h2-10H,11-17H2,1H3,(H,24,28)(H,25,29). The molecule has 2 aliphatic rings. The fourth-order valence-electron chi connectivity index (χ4n) is 4.40. The van der Waals surface area contributed by atoms with Crippen LogP contribution in [0.25, 0.3) is 0 Å². The number of nitrogens with one attached hydrogen (secondary N) is 2. The van der Waals surface area contributed by atoms with E-state index in [2.05, 4.69) is 39.8 Å². The van der Waals surface area contributed by atoms with Gasteiger partial charge in [-0.15, -0.1) is 0 Å². The van der Waals surface area contributed by atoms with Crippen LogP contribution in [0, 0.1) is 0 Å². The number of hydrogen-bond donors (Lipinski definition) is 2. The zero-order valence-electron chi connectivity index (χ0n) is 16.9. The average molecular weight is 393 g/mol. The van der Waals surface area contributed by atoms with Gasteiger partial charge in [0.25, 0.3) is 0 Å².